The van der Waals surface area contributed by atoms with E-state index in [0.717, 1.165) is 46.5 Å². The van der Waals surface area contributed by atoms with E-state index in [4.69, 9.17) is 14.2 Å². The van der Waals surface area contributed by atoms with Gasteiger partial charge >= 0.3 is 5.97 Å². The molecule has 0 bridgehead atoms. The molecule has 3 aromatic rings. The minimum Gasteiger partial charge on any atom is -0.453 e. The molecule has 1 fully saturated rings. The number of carbonyl (C=O) groups excluding carboxylic acids is 2. The Morgan fingerprint density at radius 1 is 1.05 bits per heavy atom. The molecule has 0 spiro atoms. The van der Waals surface area contributed by atoms with Gasteiger partial charge in [0.15, 0.2) is 12.4 Å². The SMILES string of the molecule is C=CCN(C)C[C@H]1C[C@@H](c2ccc(CO)cc2)O[C@@H](c2cccc(-c3cccc(CNC(=O)[C@H](C)OC(C)=O)c3)c2)O1. The van der Waals surface area contributed by atoms with Crippen molar-refractivity contribution < 1.29 is 28.9 Å². The zero-order valence-corrected chi connectivity index (χ0v) is 24.5. The van der Waals surface area contributed by atoms with E-state index < -0.39 is 18.4 Å². The summed E-state index contributed by atoms with van der Waals surface area (Å²) in [5.41, 5.74) is 5.73. The fraction of sp³-hybridized carbons (Fsp3) is 0.353. The highest BCUT2D eigenvalue weighted by Gasteiger charge is 2.32. The molecule has 1 aliphatic rings. The van der Waals surface area contributed by atoms with E-state index in [1.54, 1.807) is 6.92 Å². The summed E-state index contributed by atoms with van der Waals surface area (Å²) in [5.74, 6) is -0.843. The highest BCUT2D eigenvalue weighted by atomic mass is 16.7. The lowest BCUT2D eigenvalue weighted by atomic mass is 9.98. The highest BCUT2D eigenvalue weighted by molar-refractivity contribution is 5.82. The molecule has 222 valence electrons. The molecule has 0 aliphatic carbocycles. The van der Waals surface area contributed by atoms with Crippen LogP contribution in [-0.2, 0) is 37.0 Å². The molecule has 8 nitrogen and oxygen atoms in total. The Morgan fingerprint density at radius 2 is 1.76 bits per heavy atom. The van der Waals surface area contributed by atoms with Crippen molar-refractivity contribution in [3.8, 4) is 11.1 Å². The first kappa shape index (κ1) is 31.1. The Hall–Kier alpha value is -3.82. The molecule has 1 saturated heterocycles. The molecule has 0 aromatic heterocycles. The summed E-state index contributed by atoms with van der Waals surface area (Å²) in [6.07, 6.45) is 0.957. The summed E-state index contributed by atoms with van der Waals surface area (Å²) in [6, 6.07) is 23.9. The van der Waals surface area contributed by atoms with Crippen molar-refractivity contribution in [2.75, 3.05) is 20.1 Å². The molecule has 1 amide bonds. The number of aliphatic hydroxyl groups is 1. The van der Waals surface area contributed by atoms with Crippen molar-refractivity contribution in [3.05, 3.63) is 108 Å². The van der Waals surface area contributed by atoms with E-state index in [0.29, 0.717) is 13.0 Å². The maximum absolute atomic E-state index is 12.3. The molecule has 0 unspecified atom stereocenters. The van der Waals surface area contributed by atoms with Crippen molar-refractivity contribution in [2.45, 2.75) is 58.0 Å². The number of nitrogens with one attached hydrogen (secondary N) is 1. The van der Waals surface area contributed by atoms with Crippen LogP contribution in [-0.4, -0.2) is 54.2 Å². The Kier molecular flexibility index (Phi) is 11.0. The Labute approximate surface area is 247 Å². The normalized spacial score (nSPS) is 19.2. The largest absolute Gasteiger partial charge is 0.453 e. The van der Waals surface area contributed by atoms with E-state index in [9.17, 15) is 14.7 Å². The van der Waals surface area contributed by atoms with Crippen molar-refractivity contribution in [1.82, 2.24) is 10.2 Å². The van der Waals surface area contributed by atoms with Gasteiger partial charge in [-0.3, -0.25) is 9.59 Å². The van der Waals surface area contributed by atoms with Gasteiger partial charge < -0.3 is 29.5 Å². The van der Waals surface area contributed by atoms with Gasteiger partial charge in [0.1, 0.15) is 0 Å². The number of rotatable bonds is 12. The van der Waals surface area contributed by atoms with Gasteiger partial charge in [0.2, 0.25) is 0 Å². The molecule has 42 heavy (non-hydrogen) atoms. The van der Waals surface area contributed by atoms with Crippen molar-refractivity contribution in [2.24, 2.45) is 0 Å². The zero-order chi connectivity index (χ0) is 30.1. The van der Waals surface area contributed by atoms with Gasteiger partial charge in [-0.1, -0.05) is 66.7 Å². The summed E-state index contributed by atoms with van der Waals surface area (Å²) >= 11 is 0. The van der Waals surface area contributed by atoms with Crippen LogP contribution < -0.4 is 5.32 Å². The first-order chi connectivity index (χ1) is 20.2. The van der Waals surface area contributed by atoms with Crippen LogP contribution >= 0.6 is 0 Å². The molecular formula is C34H40N2O6. The highest BCUT2D eigenvalue weighted by Crippen LogP contribution is 2.39. The van der Waals surface area contributed by atoms with Gasteiger partial charge in [0.25, 0.3) is 5.91 Å². The Balaban J connectivity index is 1.52. The predicted octanol–water partition coefficient (Wildman–Crippen LogP) is 5.08. The lowest BCUT2D eigenvalue weighted by molar-refractivity contribution is -0.252. The second kappa shape index (κ2) is 14.9. The monoisotopic (exact) mass is 572 g/mol. The lowest BCUT2D eigenvalue weighted by Gasteiger charge is -2.37. The van der Waals surface area contributed by atoms with Crippen molar-refractivity contribution in [1.29, 1.82) is 0 Å². The van der Waals surface area contributed by atoms with Crippen LogP contribution in [0.3, 0.4) is 0 Å². The number of benzene rings is 3. The standard InChI is InChI=1S/C34H40N2O6/c1-5-16-36(4)21-31-19-32(27-14-12-25(22-37)13-15-27)42-34(41-31)30-11-7-10-29(18-30)28-9-6-8-26(17-28)20-35-33(39)23(2)40-24(3)38/h5-15,17-18,23,31-32,34,37H,1,16,19-22H2,2-4H3,(H,35,39)/t23-,31+,32-,34-/m0/s1. The first-order valence-corrected chi connectivity index (χ1v) is 14.2. The quantitative estimate of drug-likeness (QED) is 0.231. The smallest absolute Gasteiger partial charge is 0.303 e. The third kappa shape index (κ3) is 8.59. The lowest BCUT2D eigenvalue weighted by Crippen LogP contribution is -2.37. The third-order valence-electron chi connectivity index (χ3n) is 7.17. The number of esters is 1. The Bertz CT molecular complexity index is 1360. The first-order valence-electron chi connectivity index (χ1n) is 14.2. The van der Waals surface area contributed by atoms with Crippen LogP contribution in [0.2, 0.25) is 0 Å². The van der Waals surface area contributed by atoms with Crippen LogP contribution in [0.15, 0.2) is 85.5 Å². The molecule has 0 saturated carbocycles. The molecule has 4 rings (SSSR count). The van der Waals surface area contributed by atoms with E-state index in [2.05, 4.69) is 22.9 Å². The van der Waals surface area contributed by atoms with Gasteiger partial charge in [0, 0.05) is 38.5 Å². The van der Waals surface area contributed by atoms with Crippen LogP contribution in [0.25, 0.3) is 11.1 Å². The third-order valence-corrected chi connectivity index (χ3v) is 7.17. The summed E-state index contributed by atoms with van der Waals surface area (Å²) in [6.45, 7) is 8.48. The van der Waals surface area contributed by atoms with Gasteiger partial charge in [-0.2, -0.15) is 0 Å². The van der Waals surface area contributed by atoms with Crippen LogP contribution in [0.5, 0.6) is 0 Å². The molecule has 3 aromatic carbocycles. The molecule has 2 N–H and O–H groups in total. The number of ether oxygens (including phenoxy) is 3. The van der Waals surface area contributed by atoms with Crippen molar-refractivity contribution >= 4 is 11.9 Å². The summed E-state index contributed by atoms with van der Waals surface area (Å²) in [5, 5.41) is 12.3. The van der Waals surface area contributed by atoms with E-state index in [-0.39, 0.29) is 24.7 Å². The molecule has 8 heteroatoms. The second-order valence-corrected chi connectivity index (χ2v) is 10.7. The molecule has 1 aliphatic heterocycles. The molecular weight excluding hydrogens is 532 g/mol. The average molecular weight is 573 g/mol. The average Bonchev–Trinajstić information content (AvgIpc) is 2.99. The fourth-order valence-corrected chi connectivity index (χ4v) is 5.04. The number of hydrogen-bond donors (Lipinski definition) is 2. The number of carbonyl (C=O) groups is 2. The fourth-order valence-electron chi connectivity index (χ4n) is 5.04. The summed E-state index contributed by atoms with van der Waals surface area (Å²) in [7, 11) is 2.05. The van der Waals surface area contributed by atoms with Crippen LogP contribution in [0, 0.1) is 0 Å². The van der Waals surface area contributed by atoms with Crippen molar-refractivity contribution in [3.63, 3.8) is 0 Å². The van der Waals surface area contributed by atoms with Gasteiger partial charge in [-0.05, 0) is 53.9 Å². The second-order valence-electron chi connectivity index (χ2n) is 10.7. The summed E-state index contributed by atoms with van der Waals surface area (Å²) in [4.78, 5) is 25.6. The molecule has 0 radical (unpaired) electrons. The maximum Gasteiger partial charge on any atom is 0.303 e. The summed E-state index contributed by atoms with van der Waals surface area (Å²) < 4.78 is 18.0. The number of nitrogens with zero attached hydrogens (tertiary/aromatic N) is 1. The van der Waals surface area contributed by atoms with Gasteiger partial charge in [-0.15, -0.1) is 6.58 Å². The number of amides is 1. The van der Waals surface area contributed by atoms with Crippen LogP contribution in [0.4, 0.5) is 0 Å². The molecule has 1 heterocycles. The topological polar surface area (TPSA) is 97.3 Å². The predicted molar refractivity (Wildman–Crippen MR) is 161 cm³/mol. The number of aliphatic hydroxyl groups excluding tert-OH is 1. The maximum atomic E-state index is 12.3. The van der Waals surface area contributed by atoms with Gasteiger partial charge in [0.05, 0.1) is 18.8 Å². The number of hydrogen-bond acceptors (Lipinski definition) is 7. The van der Waals surface area contributed by atoms with E-state index >= 15 is 0 Å². The molecule has 4 atom stereocenters. The minimum absolute atomic E-state index is 0.000277. The minimum atomic E-state index is -0.852. The number of likely N-dealkylation sites (N-methyl/N-ethyl adjacent to an activating group) is 1. The van der Waals surface area contributed by atoms with Crippen LogP contribution in [0.1, 0.15) is 54.9 Å². The van der Waals surface area contributed by atoms with E-state index in [1.165, 1.54) is 6.92 Å². The Morgan fingerprint density at radius 3 is 2.45 bits per heavy atom. The zero-order valence-electron chi connectivity index (χ0n) is 24.5. The van der Waals surface area contributed by atoms with E-state index in [1.807, 2.05) is 79.9 Å². The van der Waals surface area contributed by atoms with Gasteiger partial charge in [-0.25, -0.2) is 0 Å².